The molecule has 134 valence electrons. The summed E-state index contributed by atoms with van der Waals surface area (Å²) in [5.41, 5.74) is 11.6. The molecule has 3 aromatic carbocycles. The van der Waals surface area contributed by atoms with Crippen molar-refractivity contribution in [1.29, 1.82) is 0 Å². The van der Waals surface area contributed by atoms with Crippen LogP contribution in [0.15, 0.2) is 66.7 Å². The zero-order valence-corrected chi connectivity index (χ0v) is 15.4. The predicted molar refractivity (Wildman–Crippen MR) is 107 cm³/mol. The van der Waals surface area contributed by atoms with Crippen molar-refractivity contribution in [3.63, 3.8) is 0 Å². The molecule has 0 spiro atoms. The van der Waals surface area contributed by atoms with Gasteiger partial charge in [0.2, 0.25) is 0 Å². The molecule has 26 heavy (non-hydrogen) atoms. The molecule has 0 aliphatic heterocycles. The van der Waals surface area contributed by atoms with E-state index in [4.69, 9.17) is 15.2 Å². The molecule has 0 amide bonds. The van der Waals surface area contributed by atoms with Crippen molar-refractivity contribution in [3.8, 4) is 22.6 Å². The lowest BCUT2D eigenvalue weighted by molar-refractivity contribution is 0.266. The third-order valence-electron chi connectivity index (χ3n) is 4.47. The first-order chi connectivity index (χ1) is 12.7. The first-order valence-electron chi connectivity index (χ1n) is 8.89. The fourth-order valence-electron chi connectivity index (χ4n) is 2.88. The van der Waals surface area contributed by atoms with E-state index in [1.54, 1.807) is 0 Å². The fourth-order valence-corrected chi connectivity index (χ4v) is 2.88. The molecule has 0 fully saturated rings. The average molecular weight is 347 g/mol. The Balaban J connectivity index is 1.91. The largest absolute Gasteiger partial charge is 0.488 e. The second-order valence-electron chi connectivity index (χ2n) is 6.32. The smallest absolute Gasteiger partial charge is 0.162 e. The first kappa shape index (κ1) is 18.0. The van der Waals surface area contributed by atoms with Crippen LogP contribution in [-0.4, -0.2) is 13.2 Å². The van der Waals surface area contributed by atoms with Crippen LogP contribution < -0.4 is 15.2 Å². The van der Waals surface area contributed by atoms with Crippen LogP contribution in [0.5, 0.6) is 11.5 Å². The Morgan fingerprint density at radius 2 is 1.62 bits per heavy atom. The van der Waals surface area contributed by atoms with Gasteiger partial charge in [0.15, 0.2) is 11.5 Å². The van der Waals surface area contributed by atoms with Crippen LogP contribution >= 0.6 is 0 Å². The van der Waals surface area contributed by atoms with Gasteiger partial charge in [-0.3, -0.25) is 0 Å². The summed E-state index contributed by atoms with van der Waals surface area (Å²) in [5.74, 6) is 1.46. The molecule has 0 atom stereocenters. The van der Waals surface area contributed by atoms with Gasteiger partial charge in [0.1, 0.15) is 13.2 Å². The monoisotopic (exact) mass is 347 g/mol. The normalized spacial score (nSPS) is 10.6. The lowest BCUT2D eigenvalue weighted by Gasteiger charge is -2.15. The third kappa shape index (κ3) is 4.24. The molecule has 3 heteroatoms. The van der Waals surface area contributed by atoms with Crippen LogP contribution in [0.3, 0.4) is 0 Å². The van der Waals surface area contributed by atoms with E-state index >= 15 is 0 Å². The van der Waals surface area contributed by atoms with Crippen LogP contribution in [0.25, 0.3) is 11.1 Å². The van der Waals surface area contributed by atoms with Gasteiger partial charge in [0, 0.05) is 6.54 Å². The fraction of sp³-hybridized carbons (Fsp3) is 0.217. The van der Waals surface area contributed by atoms with Gasteiger partial charge in [0.05, 0.1) is 0 Å². The van der Waals surface area contributed by atoms with Crippen LogP contribution in [-0.2, 0) is 6.61 Å². The van der Waals surface area contributed by atoms with E-state index in [-0.39, 0.29) is 0 Å². The standard InChI is InChI=1S/C23H25NO2/c1-17-7-6-10-21(18(17)2)20-11-12-22(25-14-13-24)23(15-20)26-16-19-8-4-3-5-9-19/h3-12,15H,13-14,16,24H2,1-2H3. The van der Waals surface area contributed by atoms with Crippen LogP contribution in [0.1, 0.15) is 16.7 Å². The van der Waals surface area contributed by atoms with Crippen molar-refractivity contribution < 1.29 is 9.47 Å². The number of aryl methyl sites for hydroxylation is 1. The molecule has 0 saturated carbocycles. The number of nitrogens with two attached hydrogens (primary N) is 1. The van der Waals surface area contributed by atoms with Crippen molar-refractivity contribution in [1.82, 2.24) is 0 Å². The molecule has 0 saturated heterocycles. The summed E-state index contributed by atoms with van der Waals surface area (Å²) in [7, 11) is 0. The predicted octanol–water partition coefficient (Wildman–Crippen LogP) is 4.89. The van der Waals surface area contributed by atoms with Crippen molar-refractivity contribution in [2.45, 2.75) is 20.5 Å². The van der Waals surface area contributed by atoms with Crippen LogP contribution in [0.2, 0.25) is 0 Å². The Morgan fingerprint density at radius 1 is 0.808 bits per heavy atom. The summed E-state index contributed by atoms with van der Waals surface area (Å²) in [4.78, 5) is 0. The molecule has 3 aromatic rings. The molecule has 0 radical (unpaired) electrons. The maximum Gasteiger partial charge on any atom is 0.162 e. The van der Waals surface area contributed by atoms with Crippen LogP contribution in [0, 0.1) is 13.8 Å². The second kappa shape index (κ2) is 8.54. The summed E-state index contributed by atoms with van der Waals surface area (Å²) in [5, 5.41) is 0. The second-order valence-corrected chi connectivity index (χ2v) is 6.32. The summed E-state index contributed by atoms with van der Waals surface area (Å²) in [6, 6.07) is 22.6. The SMILES string of the molecule is Cc1cccc(-c2ccc(OCCN)c(OCc3ccccc3)c2)c1C. The van der Waals surface area contributed by atoms with Gasteiger partial charge < -0.3 is 15.2 Å². The zero-order valence-electron chi connectivity index (χ0n) is 15.4. The highest BCUT2D eigenvalue weighted by atomic mass is 16.5. The molecule has 0 unspecified atom stereocenters. The summed E-state index contributed by atoms with van der Waals surface area (Å²) in [6.07, 6.45) is 0. The summed E-state index contributed by atoms with van der Waals surface area (Å²) in [6.45, 7) is 5.70. The third-order valence-corrected chi connectivity index (χ3v) is 4.47. The molecule has 0 heterocycles. The lowest BCUT2D eigenvalue weighted by atomic mass is 9.97. The number of hydrogen-bond donors (Lipinski definition) is 1. The minimum Gasteiger partial charge on any atom is -0.488 e. The van der Waals surface area contributed by atoms with E-state index in [1.165, 1.54) is 16.7 Å². The van der Waals surface area contributed by atoms with Crippen LogP contribution in [0.4, 0.5) is 0 Å². The number of hydrogen-bond acceptors (Lipinski definition) is 3. The highest BCUT2D eigenvalue weighted by Crippen LogP contribution is 2.35. The Kier molecular flexibility index (Phi) is 5.92. The molecule has 0 bridgehead atoms. The summed E-state index contributed by atoms with van der Waals surface area (Å²) < 4.78 is 11.9. The molecule has 3 rings (SSSR count). The molecular weight excluding hydrogens is 322 g/mol. The van der Waals surface area contributed by atoms with E-state index in [0.29, 0.717) is 19.8 Å². The van der Waals surface area contributed by atoms with Gasteiger partial charge >= 0.3 is 0 Å². The van der Waals surface area contributed by atoms with Crippen molar-refractivity contribution in [3.05, 3.63) is 83.4 Å². The molecule has 0 aliphatic carbocycles. The summed E-state index contributed by atoms with van der Waals surface area (Å²) >= 11 is 0. The van der Waals surface area contributed by atoms with Gasteiger partial charge in [-0.25, -0.2) is 0 Å². The Morgan fingerprint density at radius 3 is 2.38 bits per heavy atom. The quantitative estimate of drug-likeness (QED) is 0.662. The van der Waals surface area contributed by atoms with Gasteiger partial charge in [-0.15, -0.1) is 0 Å². The van der Waals surface area contributed by atoms with E-state index < -0.39 is 0 Å². The zero-order chi connectivity index (χ0) is 18.4. The Hall–Kier alpha value is -2.78. The molecule has 0 aliphatic rings. The Labute approximate surface area is 155 Å². The van der Waals surface area contributed by atoms with Gasteiger partial charge in [-0.1, -0.05) is 54.6 Å². The Bertz CT molecular complexity index is 859. The highest BCUT2D eigenvalue weighted by molar-refractivity contribution is 5.71. The molecule has 3 nitrogen and oxygen atoms in total. The minimum atomic E-state index is 0.463. The lowest BCUT2D eigenvalue weighted by Crippen LogP contribution is -2.11. The highest BCUT2D eigenvalue weighted by Gasteiger charge is 2.11. The van der Waals surface area contributed by atoms with E-state index in [1.807, 2.05) is 24.3 Å². The topological polar surface area (TPSA) is 44.5 Å². The van der Waals surface area contributed by atoms with Gasteiger partial charge in [-0.05, 0) is 53.8 Å². The molecular formula is C23H25NO2. The van der Waals surface area contributed by atoms with Crippen molar-refractivity contribution in [2.24, 2.45) is 5.73 Å². The minimum absolute atomic E-state index is 0.463. The van der Waals surface area contributed by atoms with Crippen molar-refractivity contribution >= 4 is 0 Å². The number of ether oxygens (including phenoxy) is 2. The van der Waals surface area contributed by atoms with Gasteiger partial charge in [0.25, 0.3) is 0 Å². The molecule has 2 N–H and O–H groups in total. The average Bonchev–Trinajstić information content (AvgIpc) is 2.68. The number of rotatable bonds is 7. The van der Waals surface area contributed by atoms with E-state index in [9.17, 15) is 0 Å². The molecule has 0 aromatic heterocycles. The maximum atomic E-state index is 6.09. The van der Waals surface area contributed by atoms with Crippen molar-refractivity contribution in [2.75, 3.05) is 13.2 Å². The first-order valence-corrected chi connectivity index (χ1v) is 8.89. The van der Waals surface area contributed by atoms with Gasteiger partial charge in [-0.2, -0.15) is 0 Å². The van der Waals surface area contributed by atoms with E-state index in [0.717, 1.165) is 22.6 Å². The number of benzene rings is 3. The maximum absolute atomic E-state index is 6.09. The van der Waals surface area contributed by atoms with E-state index in [2.05, 4.69) is 56.3 Å².